The van der Waals surface area contributed by atoms with Crippen molar-refractivity contribution in [2.75, 3.05) is 0 Å². The third-order valence-electron chi connectivity index (χ3n) is 2.12. The molecule has 0 aliphatic rings. The minimum atomic E-state index is -4.36. The summed E-state index contributed by atoms with van der Waals surface area (Å²) in [6, 6.07) is 5.64. The largest absolute Gasteiger partial charge is 0.417 e. The zero-order valence-electron chi connectivity index (χ0n) is 9.36. The van der Waals surface area contributed by atoms with Crippen LogP contribution in [0.15, 0.2) is 35.5 Å². The fraction of sp³-hybridized carbons (Fsp3) is 0.182. The van der Waals surface area contributed by atoms with Gasteiger partial charge >= 0.3 is 6.18 Å². The third kappa shape index (κ3) is 4.07. The predicted molar refractivity (Wildman–Crippen MR) is 65.8 cm³/mol. The molecular weight excluding hydrogens is 299 g/mol. The highest BCUT2D eigenvalue weighted by Gasteiger charge is 2.30. The molecule has 0 unspecified atom stereocenters. The fourth-order valence-electron chi connectivity index (χ4n) is 1.20. The third-order valence-corrected chi connectivity index (χ3v) is 3.30. The molecular formula is C11H7ClF3N3S. The molecule has 2 aromatic heterocycles. The molecule has 0 spiro atoms. The number of aromatic nitrogens is 3. The van der Waals surface area contributed by atoms with Gasteiger partial charge in [-0.3, -0.25) is 0 Å². The van der Waals surface area contributed by atoms with Crippen LogP contribution in [0.4, 0.5) is 13.2 Å². The van der Waals surface area contributed by atoms with E-state index in [0.29, 0.717) is 21.6 Å². The molecule has 0 amide bonds. The Morgan fingerprint density at radius 3 is 2.42 bits per heavy atom. The molecule has 0 saturated carbocycles. The molecule has 2 aromatic rings. The first-order valence-electron chi connectivity index (χ1n) is 5.09. The number of hydrogen-bond acceptors (Lipinski definition) is 4. The summed E-state index contributed by atoms with van der Waals surface area (Å²) in [5, 5.41) is 8.29. The number of thioether (sulfide) groups is 1. The van der Waals surface area contributed by atoms with Gasteiger partial charge in [-0.15, -0.1) is 5.10 Å². The van der Waals surface area contributed by atoms with Gasteiger partial charge in [0.1, 0.15) is 0 Å². The first kappa shape index (κ1) is 14.1. The SMILES string of the molecule is FC(F)(F)c1ccc(SCc2ccc(Cl)nn2)nc1. The minimum absolute atomic E-state index is 0.293. The Balaban J connectivity index is 1.98. The molecule has 100 valence electrons. The molecule has 0 radical (unpaired) electrons. The summed E-state index contributed by atoms with van der Waals surface area (Å²) in [6.07, 6.45) is -3.55. The van der Waals surface area contributed by atoms with E-state index in [1.54, 1.807) is 12.1 Å². The Morgan fingerprint density at radius 2 is 1.89 bits per heavy atom. The van der Waals surface area contributed by atoms with Crippen molar-refractivity contribution in [1.82, 2.24) is 15.2 Å². The fourth-order valence-corrected chi connectivity index (χ4v) is 2.04. The molecule has 0 aliphatic heterocycles. The van der Waals surface area contributed by atoms with Crippen LogP contribution in [0.1, 0.15) is 11.3 Å². The molecule has 8 heteroatoms. The zero-order valence-corrected chi connectivity index (χ0v) is 10.9. The second kappa shape index (κ2) is 5.75. The van der Waals surface area contributed by atoms with Gasteiger partial charge in [-0.2, -0.15) is 18.3 Å². The molecule has 0 saturated heterocycles. The summed E-state index contributed by atoms with van der Waals surface area (Å²) in [5.41, 5.74) is -0.0840. The lowest BCUT2D eigenvalue weighted by atomic mass is 10.3. The maximum atomic E-state index is 12.3. The Kier molecular flexibility index (Phi) is 4.26. The van der Waals surface area contributed by atoms with Crippen LogP contribution in [0, 0.1) is 0 Å². The maximum Gasteiger partial charge on any atom is 0.417 e. The molecule has 0 bridgehead atoms. The number of halogens is 4. The second-order valence-electron chi connectivity index (χ2n) is 3.52. The molecule has 19 heavy (non-hydrogen) atoms. The van der Waals surface area contributed by atoms with E-state index < -0.39 is 11.7 Å². The van der Waals surface area contributed by atoms with Crippen LogP contribution in [0.5, 0.6) is 0 Å². The van der Waals surface area contributed by atoms with Crippen LogP contribution in [0.3, 0.4) is 0 Å². The summed E-state index contributed by atoms with van der Waals surface area (Å²) in [5.74, 6) is 0.461. The number of nitrogens with zero attached hydrogens (tertiary/aromatic N) is 3. The number of alkyl halides is 3. The van der Waals surface area contributed by atoms with E-state index in [4.69, 9.17) is 11.6 Å². The van der Waals surface area contributed by atoms with Gasteiger partial charge in [0.2, 0.25) is 0 Å². The number of hydrogen-bond donors (Lipinski definition) is 0. The Hall–Kier alpha value is -1.34. The molecule has 2 rings (SSSR count). The lowest BCUT2D eigenvalue weighted by Gasteiger charge is -2.06. The van der Waals surface area contributed by atoms with E-state index in [0.717, 1.165) is 12.3 Å². The van der Waals surface area contributed by atoms with E-state index in [1.165, 1.54) is 17.8 Å². The van der Waals surface area contributed by atoms with Crippen LogP contribution >= 0.6 is 23.4 Å². The molecule has 0 atom stereocenters. The normalized spacial score (nSPS) is 11.6. The van der Waals surface area contributed by atoms with Crippen molar-refractivity contribution in [2.24, 2.45) is 0 Å². The highest BCUT2D eigenvalue weighted by molar-refractivity contribution is 7.98. The van der Waals surface area contributed by atoms with Crippen molar-refractivity contribution in [3.05, 3.63) is 46.9 Å². The van der Waals surface area contributed by atoms with Crippen molar-refractivity contribution in [3.8, 4) is 0 Å². The summed E-state index contributed by atoms with van der Waals surface area (Å²) in [7, 11) is 0. The van der Waals surface area contributed by atoms with Crippen molar-refractivity contribution in [2.45, 2.75) is 17.0 Å². The Bertz CT molecular complexity index is 543. The smallest absolute Gasteiger partial charge is 0.249 e. The summed E-state index contributed by atoms with van der Waals surface area (Å²) < 4.78 is 37.0. The average molecular weight is 306 g/mol. The van der Waals surface area contributed by atoms with Crippen molar-refractivity contribution in [1.29, 1.82) is 0 Å². The topological polar surface area (TPSA) is 38.7 Å². The van der Waals surface area contributed by atoms with E-state index in [2.05, 4.69) is 15.2 Å². The first-order valence-corrected chi connectivity index (χ1v) is 6.45. The second-order valence-corrected chi connectivity index (χ2v) is 4.90. The van der Waals surface area contributed by atoms with E-state index in [9.17, 15) is 13.2 Å². The van der Waals surface area contributed by atoms with Gasteiger partial charge in [-0.05, 0) is 24.3 Å². The summed E-state index contributed by atoms with van der Waals surface area (Å²) in [4.78, 5) is 3.75. The monoisotopic (exact) mass is 305 g/mol. The predicted octanol–water partition coefficient (Wildman–Crippen LogP) is 3.84. The van der Waals surface area contributed by atoms with Crippen LogP contribution in [-0.4, -0.2) is 15.2 Å². The molecule has 2 heterocycles. The van der Waals surface area contributed by atoms with Gasteiger partial charge in [-0.1, -0.05) is 23.4 Å². The lowest BCUT2D eigenvalue weighted by Crippen LogP contribution is -2.05. The van der Waals surface area contributed by atoms with Crippen molar-refractivity contribution >= 4 is 23.4 Å². The van der Waals surface area contributed by atoms with Gasteiger partial charge in [0.25, 0.3) is 0 Å². The number of pyridine rings is 1. The van der Waals surface area contributed by atoms with Crippen molar-refractivity contribution < 1.29 is 13.2 Å². The highest BCUT2D eigenvalue weighted by Crippen LogP contribution is 2.30. The van der Waals surface area contributed by atoms with Crippen molar-refractivity contribution in [3.63, 3.8) is 0 Å². The number of rotatable bonds is 3. The van der Waals surface area contributed by atoms with E-state index >= 15 is 0 Å². The Labute approximate surface area is 116 Å². The zero-order chi connectivity index (χ0) is 13.9. The molecule has 0 aromatic carbocycles. The van der Waals surface area contributed by atoms with Gasteiger partial charge in [-0.25, -0.2) is 4.98 Å². The van der Waals surface area contributed by atoms with E-state index in [1.807, 2.05) is 0 Å². The summed E-state index contributed by atoms with van der Waals surface area (Å²) >= 11 is 6.86. The lowest BCUT2D eigenvalue weighted by molar-refractivity contribution is -0.137. The quantitative estimate of drug-likeness (QED) is 0.808. The van der Waals surface area contributed by atoms with Gasteiger partial charge in [0, 0.05) is 11.9 Å². The van der Waals surface area contributed by atoms with Crippen LogP contribution in [0.2, 0.25) is 5.15 Å². The van der Waals surface area contributed by atoms with Crippen LogP contribution in [-0.2, 0) is 11.9 Å². The maximum absolute atomic E-state index is 12.3. The van der Waals surface area contributed by atoms with Gasteiger partial charge in [0.15, 0.2) is 5.15 Å². The molecule has 3 nitrogen and oxygen atoms in total. The molecule has 0 fully saturated rings. The Morgan fingerprint density at radius 1 is 1.11 bits per heavy atom. The van der Waals surface area contributed by atoms with E-state index in [-0.39, 0.29) is 0 Å². The van der Waals surface area contributed by atoms with Crippen LogP contribution < -0.4 is 0 Å². The average Bonchev–Trinajstić information content (AvgIpc) is 2.37. The van der Waals surface area contributed by atoms with Crippen LogP contribution in [0.25, 0.3) is 0 Å². The minimum Gasteiger partial charge on any atom is -0.249 e. The molecule has 0 N–H and O–H groups in total. The summed E-state index contributed by atoms with van der Waals surface area (Å²) in [6.45, 7) is 0. The highest BCUT2D eigenvalue weighted by atomic mass is 35.5. The van der Waals surface area contributed by atoms with Gasteiger partial charge in [0.05, 0.1) is 16.3 Å². The first-order chi connectivity index (χ1) is 8.95. The molecule has 0 aliphatic carbocycles. The standard InChI is InChI=1S/C11H7ClF3N3S/c12-9-3-2-8(17-18-9)6-19-10-4-1-7(5-16-10)11(13,14)15/h1-5H,6H2. The van der Waals surface area contributed by atoms with Gasteiger partial charge < -0.3 is 0 Å².